The molecule has 1 aromatic rings. The summed E-state index contributed by atoms with van der Waals surface area (Å²) in [5.41, 5.74) is 7.88. The van der Waals surface area contributed by atoms with Gasteiger partial charge in [-0.1, -0.05) is 43.2 Å². The van der Waals surface area contributed by atoms with Gasteiger partial charge in [0.25, 0.3) is 0 Å². The van der Waals surface area contributed by atoms with Crippen molar-refractivity contribution in [2.75, 3.05) is 13.2 Å². The third kappa shape index (κ3) is 3.96. The molecular weight excluding hydrogens is 284 g/mol. The van der Waals surface area contributed by atoms with Crippen LogP contribution in [0.3, 0.4) is 0 Å². The molecule has 0 radical (unpaired) electrons. The molecule has 1 aromatic carbocycles. The van der Waals surface area contributed by atoms with E-state index in [0.29, 0.717) is 12.0 Å². The van der Waals surface area contributed by atoms with E-state index in [0.717, 1.165) is 25.5 Å². The predicted molar refractivity (Wildman–Crippen MR) is 95.2 cm³/mol. The van der Waals surface area contributed by atoms with E-state index >= 15 is 0 Å². The molecule has 23 heavy (non-hydrogen) atoms. The number of rotatable bonds is 6. The van der Waals surface area contributed by atoms with Gasteiger partial charge in [0.2, 0.25) is 0 Å². The Morgan fingerprint density at radius 3 is 2.57 bits per heavy atom. The lowest BCUT2D eigenvalue weighted by molar-refractivity contribution is 0.0374. The average Bonchev–Trinajstić information content (AvgIpc) is 2.81. The van der Waals surface area contributed by atoms with Crippen LogP contribution in [0.5, 0.6) is 0 Å². The molecule has 1 aliphatic heterocycles. The fourth-order valence-electron chi connectivity index (χ4n) is 4.69. The first kappa shape index (κ1) is 16.9. The van der Waals surface area contributed by atoms with E-state index in [1.807, 2.05) is 0 Å². The maximum atomic E-state index is 6.53. The summed E-state index contributed by atoms with van der Waals surface area (Å²) in [4.78, 5) is 2.50. The van der Waals surface area contributed by atoms with Gasteiger partial charge in [0, 0.05) is 12.6 Å². The SMILES string of the molecule is CC(Cc1ccccc1)OCCN1C(C)C2CCCCC2C1N. The number of benzene rings is 1. The molecule has 1 saturated heterocycles. The van der Waals surface area contributed by atoms with Gasteiger partial charge in [-0.25, -0.2) is 0 Å². The standard InChI is InChI=1S/C20H32N2O/c1-15(14-17-8-4-3-5-9-17)23-13-12-22-16(2)18-10-6-7-11-19(18)20(22)21/h3-5,8-9,15-16,18-20H,6-7,10-14,21H2,1-2H3. The van der Waals surface area contributed by atoms with Crippen LogP contribution < -0.4 is 5.73 Å². The predicted octanol–water partition coefficient (Wildman–Crippen LogP) is 3.43. The molecule has 2 N–H and O–H groups in total. The molecule has 5 unspecified atom stereocenters. The quantitative estimate of drug-likeness (QED) is 0.874. The molecule has 5 atom stereocenters. The van der Waals surface area contributed by atoms with Gasteiger partial charge in [0.15, 0.2) is 0 Å². The minimum Gasteiger partial charge on any atom is -0.377 e. The summed E-state index contributed by atoms with van der Waals surface area (Å²) in [6.07, 6.45) is 6.90. The van der Waals surface area contributed by atoms with Crippen LogP contribution in [-0.2, 0) is 11.2 Å². The van der Waals surface area contributed by atoms with Crippen molar-refractivity contribution < 1.29 is 4.74 Å². The first-order valence-corrected chi connectivity index (χ1v) is 9.33. The largest absolute Gasteiger partial charge is 0.377 e. The molecule has 0 amide bonds. The number of fused-ring (bicyclic) bond motifs is 1. The highest BCUT2D eigenvalue weighted by molar-refractivity contribution is 5.15. The van der Waals surface area contributed by atoms with Crippen molar-refractivity contribution >= 4 is 0 Å². The fourth-order valence-corrected chi connectivity index (χ4v) is 4.69. The Morgan fingerprint density at radius 2 is 1.87 bits per heavy atom. The van der Waals surface area contributed by atoms with Gasteiger partial charge in [-0.2, -0.15) is 0 Å². The average molecular weight is 316 g/mol. The summed E-state index contributed by atoms with van der Waals surface area (Å²) < 4.78 is 6.06. The molecule has 3 nitrogen and oxygen atoms in total. The number of likely N-dealkylation sites (tertiary alicyclic amines) is 1. The van der Waals surface area contributed by atoms with E-state index in [9.17, 15) is 0 Å². The van der Waals surface area contributed by atoms with Crippen LogP contribution in [-0.4, -0.2) is 36.4 Å². The Labute approximate surface area is 141 Å². The maximum absolute atomic E-state index is 6.53. The van der Waals surface area contributed by atoms with Gasteiger partial charge >= 0.3 is 0 Å². The van der Waals surface area contributed by atoms with Crippen LogP contribution in [0.1, 0.15) is 45.1 Å². The molecule has 0 spiro atoms. The van der Waals surface area contributed by atoms with E-state index < -0.39 is 0 Å². The molecule has 1 aliphatic carbocycles. The topological polar surface area (TPSA) is 38.5 Å². The van der Waals surface area contributed by atoms with E-state index in [-0.39, 0.29) is 12.3 Å². The fraction of sp³-hybridized carbons (Fsp3) is 0.700. The zero-order valence-corrected chi connectivity index (χ0v) is 14.7. The number of hydrogen-bond acceptors (Lipinski definition) is 3. The van der Waals surface area contributed by atoms with Crippen LogP contribution in [0, 0.1) is 11.8 Å². The zero-order chi connectivity index (χ0) is 16.2. The van der Waals surface area contributed by atoms with Crippen molar-refractivity contribution in [3.8, 4) is 0 Å². The molecule has 2 fully saturated rings. The zero-order valence-electron chi connectivity index (χ0n) is 14.7. The molecule has 3 rings (SSSR count). The first-order valence-electron chi connectivity index (χ1n) is 9.33. The number of nitrogens with two attached hydrogens (primary N) is 1. The third-order valence-corrected chi connectivity index (χ3v) is 5.96. The molecule has 1 saturated carbocycles. The Hall–Kier alpha value is -0.900. The Morgan fingerprint density at radius 1 is 1.17 bits per heavy atom. The second-order valence-corrected chi connectivity index (χ2v) is 7.45. The minimum atomic E-state index is 0.239. The lowest BCUT2D eigenvalue weighted by atomic mass is 9.78. The van der Waals surface area contributed by atoms with Crippen LogP contribution in [0.2, 0.25) is 0 Å². The van der Waals surface area contributed by atoms with Crippen molar-refractivity contribution in [2.45, 2.75) is 64.3 Å². The lowest BCUT2D eigenvalue weighted by Gasteiger charge is -2.27. The highest BCUT2D eigenvalue weighted by Crippen LogP contribution is 2.42. The molecule has 3 heteroatoms. The van der Waals surface area contributed by atoms with Crippen LogP contribution >= 0.6 is 0 Å². The summed E-state index contributed by atoms with van der Waals surface area (Å²) >= 11 is 0. The summed E-state index contributed by atoms with van der Waals surface area (Å²) in [6, 6.07) is 11.2. The summed E-state index contributed by atoms with van der Waals surface area (Å²) in [6.45, 7) is 6.28. The highest BCUT2D eigenvalue weighted by atomic mass is 16.5. The van der Waals surface area contributed by atoms with Gasteiger partial charge < -0.3 is 10.5 Å². The molecule has 1 heterocycles. The summed E-state index contributed by atoms with van der Waals surface area (Å²) in [5.74, 6) is 1.51. The molecule has 2 aliphatic rings. The van der Waals surface area contributed by atoms with E-state index in [1.165, 1.54) is 31.2 Å². The van der Waals surface area contributed by atoms with Gasteiger partial charge in [-0.3, -0.25) is 4.90 Å². The van der Waals surface area contributed by atoms with Gasteiger partial charge in [0.1, 0.15) is 0 Å². The molecule has 128 valence electrons. The van der Waals surface area contributed by atoms with Crippen LogP contribution in [0.25, 0.3) is 0 Å². The van der Waals surface area contributed by atoms with Crippen molar-refractivity contribution in [1.82, 2.24) is 4.90 Å². The second kappa shape index (κ2) is 7.78. The van der Waals surface area contributed by atoms with Gasteiger partial charge in [-0.15, -0.1) is 0 Å². The smallest absolute Gasteiger partial charge is 0.0607 e. The number of ether oxygens (including phenoxy) is 1. The lowest BCUT2D eigenvalue weighted by Crippen LogP contribution is -2.44. The third-order valence-electron chi connectivity index (χ3n) is 5.96. The second-order valence-electron chi connectivity index (χ2n) is 7.45. The minimum absolute atomic E-state index is 0.239. The van der Waals surface area contributed by atoms with Crippen LogP contribution in [0.15, 0.2) is 30.3 Å². The van der Waals surface area contributed by atoms with E-state index in [4.69, 9.17) is 10.5 Å². The Kier molecular flexibility index (Phi) is 5.73. The monoisotopic (exact) mass is 316 g/mol. The Balaban J connectivity index is 1.45. The van der Waals surface area contributed by atoms with E-state index in [2.05, 4.69) is 49.1 Å². The summed E-state index contributed by atoms with van der Waals surface area (Å²) in [5, 5.41) is 0. The van der Waals surface area contributed by atoms with Gasteiger partial charge in [0.05, 0.1) is 18.9 Å². The molecule has 0 bridgehead atoms. The molecular formula is C20H32N2O. The molecule has 0 aromatic heterocycles. The maximum Gasteiger partial charge on any atom is 0.0607 e. The van der Waals surface area contributed by atoms with Crippen LogP contribution in [0.4, 0.5) is 0 Å². The number of hydrogen-bond donors (Lipinski definition) is 1. The normalized spacial score (nSPS) is 32.7. The van der Waals surface area contributed by atoms with Gasteiger partial charge in [-0.05, 0) is 50.5 Å². The highest BCUT2D eigenvalue weighted by Gasteiger charge is 2.45. The van der Waals surface area contributed by atoms with Crippen molar-refractivity contribution in [3.05, 3.63) is 35.9 Å². The Bertz CT molecular complexity index is 460. The van der Waals surface area contributed by atoms with Crippen molar-refractivity contribution in [2.24, 2.45) is 17.6 Å². The van der Waals surface area contributed by atoms with Crippen molar-refractivity contribution in [3.63, 3.8) is 0 Å². The summed E-state index contributed by atoms with van der Waals surface area (Å²) in [7, 11) is 0. The van der Waals surface area contributed by atoms with E-state index in [1.54, 1.807) is 0 Å². The number of nitrogens with zero attached hydrogens (tertiary/aromatic N) is 1. The first-order chi connectivity index (χ1) is 11.2. The van der Waals surface area contributed by atoms with Crippen molar-refractivity contribution in [1.29, 1.82) is 0 Å².